The SMILES string of the molecule is CCCCNC(=O)[C@H]1CN(C(=O)CC(C)C)C[C@H]1c1cc(OC)ccc1OC. The van der Waals surface area contributed by atoms with Gasteiger partial charge < -0.3 is 19.7 Å². The maximum Gasteiger partial charge on any atom is 0.225 e. The summed E-state index contributed by atoms with van der Waals surface area (Å²) in [5.74, 6) is 1.41. The molecule has 1 heterocycles. The van der Waals surface area contributed by atoms with Crippen molar-refractivity contribution in [2.45, 2.75) is 46.0 Å². The van der Waals surface area contributed by atoms with Crippen molar-refractivity contribution in [3.05, 3.63) is 23.8 Å². The van der Waals surface area contributed by atoms with E-state index in [1.54, 1.807) is 14.2 Å². The lowest BCUT2D eigenvalue weighted by atomic mass is 9.87. The summed E-state index contributed by atoms with van der Waals surface area (Å²) >= 11 is 0. The minimum absolute atomic E-state index is 0.00294. The number of hydrogen-bond donors (Lipinski definition) is 1. The number of nitrogens with zero attached hydrogens (tertiary/aromatic N) is 1. The van der Waals surface area contributed by atoms with Crippen LogP contribution in [0.1, 0.15) is 51.5 Å². The van der Waals surface area contributed by atoms with Gasteiger partial charge in [0.25, 0.3) is 0 Å². The first-order valence-electron chi connectivity index (χ1n) is 10.2. The predicted octanol–water partition coefficient (Wildman–Crippen LogP) is 3.21. The zero-order valence-electron chi connectivity index (χ0n) is 17.8. The fourth-order valence-electron chi connectivity index (χ4n) is 3.72. The number of methoxy groups -OCH3 is 2. The maximum atomic E-state index is 12.9. The molecule has 0 unspecified atom stereocenters. The molecule has 0 aromatic heterocycles. The van der Waals surface area contributed by atoms with Crippen molar-refractivity contribution < 1.29 is 19.1 Å². The van der Waals surface area contributed by atoms with Crippen LogP contribution in [0.25, 0.3) is 0 Å². The van der Waals surface area contributed by atoms with Gasteiger partial charge >= 0.3 is 0 Å². The van der Waals surface area contributed by atoms with E-state index in [9.17, 15) is 9.59 Å². The van der Waals surface area contributed by atoms with E-state index in [1.807, 2.05) is 36.9 Å². The lowest BCUT2D eigenvalue weighted by Gasteiger charge is -2.21. The molecule has 0 saturated carbocycles. The van der Waals surface area contributed by atoms with Crippen LogP contribution in [0.2, 0.25) is 0 Å². The number of ether oxygens (including phenoxy) is 2. The topological polar surface area (TPSA) is 67.9 Å². The second kappa shape index (κ2) is 10.3. The van der Waals surface area contributed by atoms with Gasteiger partial charge in [-0.1, -0.05) is 27.2 Å². The van der Waals surface area contributed by atoms with Crippen LogP contribution in [0.15, 0.2) is 18.2 Å². The number of rotatable bonds is 9. The number of carbonyl (C=O) groups excluding carboxylic acids is 2. The summed E-state index contributed by atoms with van der Waals surface area (Å²) in [6.45, 7) is 7.78. The average molecular weight is 391 g/mol. The Hall–Kier alpha value is -2.24. The Bertz CT molecular complexity index is 675. The first kappa shape index (κ1) is 22.1. The molecule has 0 aliphatic carbocycles. The molecule has 0 spiro atoms. The van der Waals surface area contributed by atoms with Crippen LogP contribution in [0.3, 0.4) is 0 Å². The van der Waals surface area contributed by atoms with Crippen LogP contribution in [0.4, 0.5) is 0 Å². The second-order valence-electron chi connectivity index (χ2n) is 7.86. The summed E-state index contributed by atoms with van der Waals surface area (Å²) < 4.78 is 10.9. The van der Waals surface area contributed by atoms with Gasteiger partial charge in [-0.15, -0.1) is 0 Å². The molecule has 1 aromatic carbocycles. The Balaban J connectivity index is 2.31. The quantitative estimate of drug-likeness (QED) is 0.658. The van der Waals surface area contributed by atoms with E-state index < -0.39 is 0 Å². The Kier molecular flexibility index (Phi) is 8.15. The third kappa shape index (κ3) is 5.40. The Morgan fingerprint density at radius 1 is 1.21 bits per heavy atom. The highest BCUT2D eigenvalue weighted by molar-refractivity contribution is 5.83. The molecule has 1 aliphatic heterocycles. The van der Waals surface area contributed by atoms with Crippen molar-refractivity contribution in [1.29, 1.82) is 0 Å². The van der Waals surface area contributed by atoms with Crippen molar-refractivity contribution >= 4 is 11.8 Å². The van der Waals surface area contributed by atoms with E-state index in [4.69, 9.17) is 9.47 Å². The largest absolute Gasteiger partial charge is 0.497 e. The highest BCUT2D eigenvalue weighted by Gasteiger charge is 2.41. The van der Waals surface area contributed by atoms with Gasteiger partial charge in [0.1, 0.15) is 11.5 Å². The zero-order chi connectivity index (χ0) is 20.7. The highest BCUT2D eigenvalue weighted by atomic mass is 16.5. The molecular weight excluding hydrogens is 356 g/mol. The van der Waals surface area contributed by atoms with Gasteiger partial charge in [-0.2, -0.15) is 0 Å². The average Bonchev–Trinajstić information content (AvgIpc) is 3.12. The number of nitrogens with one attached hydrogen (secondary N) is 1. The van der Waals surface area contributed by atoms with Crippen molar-refractivity contribution in [3.8, 4) is 11.5 Å². The molecule has 156 valence electrons. The summed E-state index contributed by atoms with van der Waals surface area (Å²) in [5, 5.41) is 3.04. The molecule has 2 amide bonds. The third-order valence-corrected chi connectivity index (χ3v) is 5.26. The van der Waals surface area contributed by atoms with E-state index in [0.717, 1.165) is 24.2 Å². The Morgan fingerprint density at radius 2 is 1.96 bits per heavy atom. The normalized spacial score (nSPS) is 19.0. The molecule has 2 rings (SSSR count). The van der Waals surface area contributed by atoms with Crippen LogP contribution in [-0.4, -0.2) is 50.6 Å². The predicted molar refractivity (Wildman–Crippen MR) is 110 cm³/mol. The van der Waals surface area contributed by atoms with Crippen LogP contribution in [0.5, 0.6) is 11.5 Å². The molecule has 0 bridgehead atoms. The fraction of sp³-hybridized carbons (Fsp3) is 0.636. The number of amides is 2. The first-order valence-corrected chi connectivity index (χ1v) is 10.2. The standard InChI is InChI=1S/C22H34N2O4/c1-6-7-10-23-22(26)19-14-24(21(25)11-15(2)3)13-18(19)17-12-16(27-4)8-9-20(17)28-5/h8-9,12,15,18-19H,6-7,10-11,13-14H2,1-5H3,(H,23,26)/t18-,19-/m0/s1. The second-order valence-corrected chi connectivity index (χ2v) is 7.86. The van der Waals surface area contributed by atoms with E-state index >= 15 is 0 Å². The molecular formula is C22H34N2O4. The number of hydrogen-bond acceptors (Lipinski definition) is 4. The molecule has 1 fully saturated rings. The van der Waals surface area contributed by atoms with Gasteiger partial charge in [0, 0.05) is 37.5 Å². The maximum absolute atomic E-state index is 12.9. The van der Waals surface area contributed by atoms with Crippen molar-refractivity contribution in [3.63, 3.8) is 0 Å². The highest BCUT2D eigenvalue weighted by Crippen LogP contribution is 2.39. The summed E-state index contributed by atoms with van der Waals surface area (Å²) in [5.41, 5.74) is 0.914. The number of carbonyl (C=O) groups is 2. The molecule has 1 N–H and O–H groups in total. The molecule has 1 aromatic rings. The van der Waals surface area contributed by atoms with Crippen LogP contribution < -0.4 is 14.8 Å². The minimum Gasteiger partial charge on any atom is -0.497 e. The minimum atomic E-state index is -0.297. The van der Waals surface area contributed by atoms with E-state index in [-0.39, 0.29) is 29.6 Å². The Labute approximate surface area is 168 Å². The van der Waals surface area contributed by atoms with Crippen LogP contribution in [0, 0.1) is 11.8 Å². The molecule has 0 radical (unpaired) electrons. The monoisotopic (exact) mass is 390 g/mol. The van der Waals surface area contributed by atoms with Crippen LogP contribution >= 0.6 is 0 Å². The van der Waals surface area contributed by atoms with E-state index in [1.165, 1.54) is 0 Å². The number of likely N-dealkylation sites (tertiary alicyclic amines) is 1. The van der Waals surface area contributed by atoms with Gasteiger partial charge in [0.05, 0.1) is 20.1 Å². The fourth-order valence-corrected chi connectivity index (χ4v) is 3.72. The summed E-state index contributed by atoms with van der Waals surface area (Å²) in [6, 6.07) is 5.63. The lowest BCUT2D eigenvalue weighted by molar-refractivity contribution is -0.131. The summed E-state index contributed by atoms with van der Waals surface area (Å²) in [4.78, 5) is 27.4. The van der Waals surface area contributed by atoms with Gasteiger partial charge in [0.15, 0.2) is 0 Å². The van der Waals surface area contributed by atoms with Gasteiger partial charge in [-0.05, 0) is 30.5 Å². The van der Waals surface area contributed by atoms with Gasteiger partial charge in [0.2, 0.25) is 11.8 Å². The summed E-state index contributed by atoms with van der Waals surface area (Å²) in [6.07, 6.45) is 2.46. The van der Waals surface area contributed by atoms with E-state index in [2.05, 4.69) is 12.2 Å². The number of benzene rings is 1. The first-order chi connectivity index (χ1) is 13.4. The van der Waals surface area contributed by atoms with Crippen molar-refractivity contribution in [2.24, 2.45) is 11.8 Å². The molecule has 6 heteroatoms. The smallest absolute Gasteiger partial charge is 0.225 e. The zero-order valence-corrected chi connectivity index (χ0v) is 17.8. The lowest BCUT2D eigenvalue weighted by Crippen LogP contribution is -2.36. The Morgan fingerprint density at radius 3 is 2.57 bits per heavy atom. The van der Waals surface area contributed by atoms with E-state index in [0.29, 0.717) is 31.8 Å². The van der Waals surface area contributed by atoms with Crippen molar-refractivity contribution in [2.75, 3.05) is 33.9 Å². The molecule has 2 atom stereocenters. The molecule has 1 saturated heterocycles. The van der Waals surface area contributed by atoms with Crippen molar-refractivity contribution in [1.82, 2.24) is 10.2 Å². The molecule has 1 aliphatic rings. The van der Waals surface area contributed by atoms with Gasteiger partial charge in [-0.25, -0.2) is 0 Å². The van der Waals surface area contributed by atoms with Gasteiger partial charge in [-0.3, -0.25) is 9.59 Å². The third-order valence-electron chi connectivity index (χ3n) is 5.26. The summed E-state index contributed by atoms with van der Waals surface area (Å²) in [7, 11) is 3.24. The molecule has 6 nitrogen and oxygen atoms in total. The number of unbranched alkanes of at least 4 members (excludes halogenated alkanes) is 1. The van der Waals surface area contributed by atoms with Crippen LogP contribution in [-0.2, 0) is 9.59 Å². The molecule has 28 heavy (non-hydrogen) atoms.